The molecule has 3 atom stereocenters. The average Bonchev–Trinajstić information content (AvgIpc) is 3.25. The minimum atomic E-state index is -2.54. The van der Waals surface area contributed by atoms with Gasteiger partial charge < -0.3 is 38.5 Å². The Balaban J connectivity index is 1.73. The number of Topliss-reactive ketones (excluding diaryl/α,β-unsaturated/α-hetero) is 1. The zero-order valence-electron chi connectivity index (χ0n) is 18.1. The van der Waals surface area contributed by atoms with Crippen LogP contribution in [0.3, 0.4) is 0 Å². The van der Waals surface area contributed by atoms with Gasteiger partial charge in [0.25, 0.3) is 11.7 Å². The molecule has 2 aliphatic heterocycles. The van der Waals surface area contributed by atoms with Crippen LogP contribution in [0.15, 0.2) is 16.7 Å². The molecule has 3 heterocycles. The maximum absolute atomic E-state index is 13.5. The number of nitrogens with zero attached hydrogens (tertiary/aromatic N) is 1. The summed E-state index contributed by atoms with van der Waals surface area (Å²) in [4.78, 5) is 27.9. The molecule has 0 bridgehead atoms. The molecule has 0 saturated carbocycles. The van der Waals surface area contributed by atoms with Crippen molar-refractivity contribution in [3.05, 3.63) is 40.3 Å². The van der Waals surface area contributed by atoms with E-state index in [0.717, 1.165) is 0 Å². The Labute approximate surface area is 183 Å². The minimum Gasteiger partial charge on any atom is -0.493 e. The number of aryl methyl sites for hydroxylation is 1. The van der Waals surface area contributed by atoms with Crippen molar-refractivity contribution >= 4 is 11.7 Å². The van der Waals surface area contributed by atoms with E-state index in [1.54, 1.807) is 13.8 Å². The fourth-order valence-electron chi connectivity index (χ4n) is 4.91. The standard InChI is InChI=1S/C22H23NO9/c1-10-15-13(20(26)23(10)5-6-24)7-14(28-3)17-18(15)32-22(27)19(25)16-11(2)30-9-12(16)8-21(22,29-4)31-17/h7,9-10,24,27H,5-6,8H2,1-4H3/t10-,21-,22-/m0/s1. The van der Waals surface area contributed by atoms with Crippen LogP contribution in [-0.4, -0.2) is 65.7 Å². The zero-order valence-corrected chi connectivity index (χ0v) is 18.1. The summed E-state index contributed by atoms with van der Waals surface area (Å²) in [5.74, 6) is -4.88. The molecule has 0 fully saturated rings. The van der Waals surface area contributed by atoms with Crippen molar-refractivity contribution in [2.75, 3.05) is 27.4 Å². The van der Waals surface area contributed by atoms with Gasteiger partial charge in [-0.25, -0.2) is 0 Å². The number of ketones is 1. The van der Waals surface area contributed by atoms with Crippen LogP contribution in [0.1, 0.15) is 50.6 Å². The average molecular weight is 445 g/mol. The van der Waals surface area contributed by atoms with E-state index >= 15 is 0 Å². The number of carbonyl (C=O) groups excluding carboxylic acids is 2. The molecule has 1 aliphatic carbocycles. The van der Waals surface area contributed by atoms with Crippen molar-refractivity contribution in [2.24, 2.45) is 0 Å². The largest absolute Gasteiger partial charge is 0.493 e. The van der Waals surface area contributed by atoms with Crippen LogP contribution in [0.25, 0.3) is 0 Å². The third-order valence-electron chi connectivity index (χ3n) is 6.55. The fourth-order valence-corrected chi connectivity index (χ4v) is 4.91. The Hall–Kier alpha value is -3.08. The van der Waals surface area contributed by atoms with Crippen LogP contribution in [0.5, 0.6) is 17.2 Å². The monoisotopic (exact) mass is 445 g/mol. The number of benzene rings is 1. The summed E-state index contributed by atoms with van der Waals surface area (Å²) in [6.45, 7) is 3.26. The molecule has 2 aromatic rings. The lowest BCUT2D eigenvalue weighted by Crippen LogP contribution is -2.71. The number of aliphatic hydroxyl groups is 2. The molecular formula is C22H23NO9. The number of β-amino-alcohol motifs (C(OH)–C–C–N with tert-alkyl or cyclic N) is 1. The van der Waals surface area contributed by atoms with Crippen LogP contribution in [0.4, 0.5) is 0 Å². The lowest BCUT2D eigenvalue weighted by atomic mass is 9.81. The van der Waals surface area contributed by atoms with Gasteiger partial charge in [0.1, 0.15) is 5.76 Å². The van der Waals surface area contributed by atoms with E-state index in [9.17, 15) is 19.8 Å². The molecule has 10 nitrogen and oxygen atoms in total. The number of fused-ring (bicyclic) bond motifs is 5. The van der Waals surface area contributed by atoms with Gasteiger partial charge in [0.05, 0.1) is 37.1 Å². The molecule has 2 N–H and O–H groups in total. The van der Waals surface area contributed by atoms with Gasteiger partial charge in [-0.05, 0) is 19.9 Å². The molecule has 0 saturated heterocycles. The second-order valence-corrected chi connectivity index (χ2v) is 8.10. The predicted molar refractivity (Wildman–Crippen MR) is 107 cm³/mol. The topological polar surface area (TPSA) is 128 Å². The van der Waals surface area contributed by atoms with E-state index in [0.29, 0.717) is 16.9 Å². The maximum Gasteiger partial charge on any atom is 0.340 e. The first-order valence-electron chi connectivity index (χ1n) is 10.2. The van der Waals surface area contributed by atoms with E-state index in [4.69, 9.17) is 23.4 Å². The molecule has 170 valence electrons. The van der Waals surface area contributed by atoms with Gasteiger partial charge in [-0.15, -0.1) is 0 Å². The first-order chi connectivity index (χ1) is 15.2. The van der Waals surface area contributed by atoms with Crippen LogP contribution in [0, 0.1) is 6.92 Å². The molecule has 0 spiro atoms. The Kier molecular flexibility index (Phi) is 4.36. The molecule has 10 heteroatoms. The van der Waals surface area contributed by atoms with Gasteiger partial charge in [-0.2, -0.15) is 0 Å². The summed E-state index contributed by atoms with van der Waals surface area (Å²) in [5.41, 5.74) is 1.43. The highest BCUT2D eigenvalue weighted by atomic mass is 16.8. The number of carbonyl (C=O) groups is 2. The summed E-state index contributed by atoms with van der Waals surface area (Å²) < 4.78 is 28.6. The Bertz CT molecular complexity index is 1150. The Morgan fingerprint density at radius 1 is 1.25 bits per heavy atom. The summed E-state index contributed by atoms with van der Waals surface area (Å²) in [6, 6.07) is 1.02. The van der Waals surface area contributed by atoms with Crippen molar-refractivity contribution in [3.8, 4) is 17.2 Å². The van der Waals surface area contributed by atoms with Gasteiger partial charge in [0.15, 0.2) is 11.5 Å². The Morgan fingerprint density at radius 3 is 2.66 bits per heavy atom. The molecule has 1 aromatic heterocycles. The summed E-state index contributed by atoms with van der Waals surface area (Å²) in [6.07, 6.45) is 1.40. The van der Waals surface area contributed by atoms with Crippen molar-refractivity contribution in [1.29, 1.82) is 0 Å². The molecule has 5 rings (SSSR count). The highest BCUT2D eigenvalue weighted by Crippen LogP contribution is 2.57. The number of methoxy groups -OCH3 is 2. The number of hydrogen-bond donors (Lipinski definition) is 2. The Morgan fingerprint density at radius 2 is 2.00 bits per heavy atom. The minimum absolute atomic E-state index is 0.0220. The molecule has 0 radical (unpaired) electrons. The fraction of sp³-hybridized carbons (Fsp3) is 0.455. The highest BCUT2D eigenvalue weighted by Gasteiger charge is 2.69. The third-order valence-corrected chi connectivity index (χ3v) is 6.55. The first kappa shape index (κ1) is 20.8. The SMILES string of the molecule is COc1cc2c(c3c1O[C@@]1(OC)Cc4coc(C)c4C(=O)[C@]1(O)O3)[C@H](C)N(CCO)C2=O. The number of aliphatic hydroxyl groups excluding tert-OH is 1. The van der Waals surface area contributed by atoms with Crippen LogP contribution >= 0.6 is 0 Å². The molecular weight excluding hydrogens is 422 g/mol. The summed E-state index contributed by atoms with van der Waals surface area (Å²) >= 11 is 0. The molecule has 1 amide bonds. The van der Waals surface area contributed by atoms with Crippen LogP contribution < -0.4 is 14.2 Å². The smallest absolute Gasteiger partial charge is 0.340 e. The predicted octanol–water partition coefficient (Wildman–Crippen LogP) is 1.35. The van der Waals surface area contributed by atoms with Crippen molar-refractivity contribution in [2.45, 2.75) is 37.9 Å². The van der Waals surface area contributed by atoms with E-state index in [1.807, 2.05) is 0 Å². The third kappa shape index (κ3) is 2.34. The second-order valence-electron chi connectivity index (χ2n) is 8.10. The molecule has 0 unspecified atom stereocenters. The normalized spacial score (nSPS) is 27.8. The van der Waals surface area contributed by atoms with Crippen LogP contribution in [0.2, 0.25) is 0 Å². The van der Waals surface area contributed by atoms with E-state index in [2.05, 4.69) is 0 Å². The number of rotatable bonds is 4. The molecule has 1 aromatic carbocycles. The molecule has 3 aliphatic rings. The van der Waals surface area contributed by atoms with Gasteiger partial charge >= 0.3 is 5.79 Å². The van der Waals surface area contributed by atoms with E-state index in [-0.39, 0.29) is 53.9 Å². The van der Waals surface area contributed by atoms with Gasteiger partial charge in [-0.1, -0.05) is 0 Å². The van der Waals surface area contributed by atoms with Crippen LogP contribution in [-0.2, 0) is 11.2 Å². The van der Waals surface area contributed by atoms with E-state index in [1.165, 1.54) is 31.4 Å². The van der Waals surface area contributed by atoms with Crippen molar-refractivity contribution < 1.29 is 43.2 Å². The number of hydrogen-bond acceptors (Lipinski definition) is 9. The van der Waals surface area contributed by atoms with Crippen molar-refractivity contribution in [3.63, 3.8) is 0 Å². The number of ether oxygens (including phenoxy) is 4. The highest BCUT2D eigenvalue weighted by molar-refractivity contribution is 6.06. The quantitative estimate of drug-likeness (QED) is 0.717. The second kappa shape index (κ2) is 6.71. The summed E-state index contributed by atoms with van der Waals surface area (Å²) in [7, 11) is 2.71. The lowest BCUT2D eigenvalue weighted by molar-refractivity contribution is -0.328. The number of furan rings is 1. The van der Waals surface area contributed by atoms with Gasteiger partial charge in [0, 0.05) is 31.2 Å². The maximum atomic E-state index is 13.5. The van der Waals surface area contributed by atoms with E-state index < -0.39 is 23.4 Å². The van der Waals surface area contributed by atoms with Gasteiger partial charge in [-0.3, -0.25) is 9.59 Å². The van der Waals surface area contributed by atoms with Crippen molar-refractivity contribution in [1.82, 2.24) is 4.90 Å². The number of amides is 1. The first-order valence-corrected chi connectivity index (χ1v) is 10.2. The molecule has 32 heavy (non-hydrogen) atoms. The summed E-state index contributed by atoms with van der Waals surface area (Å²) in [5, 5.41) is 21.0. The lowest BCUT2D eigenvalue weighted by Gasteiger charge is -2.49. The van der Waals surface area contributed by atoms with Gasteiger partial charge in [0.2, 0.25) is 11.5 Å². The zero-order chi connectivity index (χ0) is 23.0.